The van der Waals surface area contributed by atoms with Gasteiger partial charge in [0.05, 0.1) is 37.3 Å². The standard InChI is InChI=1S/C20H14N6O7/c1-31-16-7-3-4-33-17(7)18(32-2)15(28)11(16)14(27)10(12-8(5-21)19(29)25-23-12)13-9(6-22)20(30)26-24-13/h3-4,10,28H,1-2H3,(H2,23,25,29)(H2,24,26,30). The third-order valence-corrected chi connectivity index (χ3v) is 5.13. The Bertz CT molecular complexity index is 1530. The Kier molecular flexibility index (Phi) is 5.00. The number of phenolic OH excluding ortho intramolecular Hbond substituents is 1. The molecule has 4 aromatic rings. The number of Topliss-reactive ketones (excluding diaryl/α,β-unsaturated/α-hetero) is 1. The summed E-state index contributed by atoms with van der Waals surface area (Å²) in [5.74, 6) is -3.39. The lowest BCUT2D eigenvalue weighted by Crippen LogP contribution is -2.20. The number of hydrogen-bond donors (Lipinski definition) is 5. The van der Waals surface area contributed by atoms with E-state index < -0.39 is 39.7 Å². The molecule has 4 rings (SSSR count). The van der Waals surface area contributed by atoms with Crippen molar-refractivity contribution >= 4 is 16.8 Å². The number of H-pyrrole nitrogens is 4. The number of ketones is 1. The Morgan fingerprint density at radius 1 is 1.00 bits per heavy atom. The Morgan fingerprint density at radius 3 is 2.03 bits per heavy atom. The number of nitrogens with zero attached hydrogens (tertiary/aromatic N) is 2. The Balaban J connectivity index is 2.09. The molecule has 0 amide bonds. The highest BCUT2D eigenvalue weighted by Gasteiger charge is 2.38. The van der Waals surface area contributed by atoms with E-state index in [0.717, 1.165) is 0 Å². The van der Waals surface area contributed by atoms with Crippen molar-refractivity contribution in [3.8, 4) is 29.4 Å². The summed E-state index contributed by atoms with van der Waals surface area (Å²) in [5.41, 5.74) is -3.27. The average molecular weight is 450 g/mol. The fourth-order valence-electron chi connectivity index (χ4n) is 3.71. The minimum atomic E-state index is -1.60. The molecule has 0 atom stereocenters. The fourth-order valence-corrected chi connectivity index (χ4v) is 3.71. The van der Waals surface area contributed by atoms with Gasteiger partial charge in [-0.25, -0.2) is 0 Å². The summed E-state index contributed by atoms with van der Waals surface area (Å²) in [6.07, 6.45) is 1.30. The average Bonchev–Trinajstić information content (AvgIpc) is 3.52. The van der Waals surface area contributed by atoms with Gasteiger partial charge in [-0.3, -0.25) is 34.8 Å². The molecule has 166 valence electrons. The molecular formula is C20H14N6O7. The molecule has 5 N–H and O–H groups in total. The molecule has 0 aliphatic carbocycles. The second kappa shape index (κ2) is 7.82. The lowest BCUT2D eigenvalue weighted by molar-refractivity contribution is 0.0964. The van der Waals surface area contributed by atoms with Crippen molar-refractivity contribution in [1.82, 2.24) is 20.4 Å². The van der Waals surface area contributed by atoms with Gasteiger partial charge < -0.3 is 19.0 Å². The Morgan fingerprint density at radius 2 is 1.55 bits per heavy atom. The number of methoxy groups -OCH3 is 2. The number of benzene rings is 1. The predicted molar refractivity (Wildman–Crippen MR) is 109 cm³/mol. The van der Waals surface area contributed by atoms with Crippen LogP contribution in [0.5, 0.6) is 17.2 Å². The summed E-state index contributed by atoms with van der Waals surface area (Å²) in [6.45, 7) is 0. The molecule has 0 fully saturated rings. The highest BCUT2D eigenvalue weighted by Crippen LogP contribution is 2.47. The van der Waals surface area contributed by atoms with Crippen molar-refractivity contribution in [2.24, 2.45) is 0 Å². The smallest absolute Gasteiger partial charge is 0.282 e. The van der Waals surface area contributed by atoms with Crippen molar-refractivity contribution in [3.05, 3.63) is 61.1 Å². The van der Waals surface area contributed by atoms with E-state index in [1.165, 1.54) is 26.5 Å². The number of phenols is 1. The molecule has 0 aliphatic rings. The number of aromatic hydroxyl groups is 1. The van der Waals surface area contributed by atoms with Crippen molar-refractivity contribution in [3.63, 3.8) is 0 Å². The molecule has 0 saturated carbocycles. The van der Waals surface area contributed by atoms with Gasteiger partial charge in [0.25, 0.3) is 11.1 Å². The van der Waals surface area contributed by atoms with Crippen LogP contribution in [0.4, 0.5) is 0 Å². The first-order chi connectivity index (χ1) is 15.9. The molecule has 0 bridgehead atoms. The van der Waals surface area contributed by atoms with Crippen LogP contribution in [0.15, 0.2) is 26.3 Å². The van der Waals surface area contributed by atoms with Crippen LogP contribution < -0.4 is 20.6 Å². The fraction of sp³-hybridized carbons (Fsp3) is 0.150. The number of nitriles is 2. The van der Waals surface area contributed by atoms with Crippen molar-refractivity contribution < 1.29 is 23.8 Å². The number of carbonyl (C=O) groups is 1. The second-order valence-electron chi connectivity index (χ2n) is 6.71. The Labute approximate surface area is 182 Å². The number of rotatable bonds is 6. The maximum absolute atomic E-state index is 13.9. The van der Waals surface area contributed by atoms with Crippen LogP contribution in [-0.4, -0.2) is 45.5 Å². The molecule has 33 heavy (non-hydrogen) atoms. The SMILES string of the molecule is COc1c(C(=O)C(c2[nH][nH]c(=O)c2C#N)c2[nH][nH]c(=O)c2C#N)c(O)c(OC)c2occc12. The zero-order chi connectivity index (χ0) is 23.9. The maximum atomic E-state index is 13.9. The van der Waals surface area contributed by atoms with E-state index in [1.807, 2.05) is 0 Å². The molecular weight excluding hydrogens is 436 g/mol. The van der Waals surface area contributed by atoms with Gasteiger partial charge in [-0.05, 0) is 6.07 Å². The number of fused-ring (bicyclic) bond motifs is 1. The van der Waals surface area contributed by atoms with Crippen molar-refractivity contribution in [1.29, 1.82) is 10.5 Å². The summed E-state index contributed by atoms with van der Waals surface area (Å²) >= 11 is 0. The van der Waals surface area contributed by atoms with Crippen molar-refractivity contribution in [2.75, 3.05) is 14.2 Å². The number of nitrogens with one attached hydrogen (secondary N) is 4. The normalized spacial score (nSPS) is 10.8. The molecule has 1 aromatic carbocycles. The summed E-state index contributed by atoms with van der Waals surface area (Å²) in [7, 11) is 2.52. The largest absolute Gasteiger partial charge is 0.504 e. The molecule has 0 saturated heterocycles. The van der Waals surface area contributed by atoms with E-state index in [-0.39, 0.29) is 34.0 Å². The van der Waals surface area contributed by atoms with E-state index in [2.05, 4.69) is 20.4 Å². The summed E-state index contributed by atoms with van der Waals surface area (Å²) in [6, 6.07) is 4.87. The lowest BCUT2D eigenvalue weighted by atomic mass is 9.87. The monoisotopic (exact) mass is 450 g/mol. The van der Waals surface area contributed by atoms with E-state index in [0.29, 0.717) is 5.39 Å². The van der Waals surface area contributed by atoms with Crippen LogP contribution in [0, 0.1) is 22.7 Å². The highest BCUT2D eigenvalue weighted by molar-refractivity contribution is 6.12. The number of furan rings is 1. The van der Waals surface area contributed by atoms with Gasteiger partial charge in [-0.15, -0.1) is 0 Å². The summed E-state index contributed by atoms with van der Waals surface area (Å²) in [4.78, 5) is 38.1. The molecule has 3 aromatic heterocycles. The topological polar surface area (TPSA) is 214 Å². The van der Waals surface area contributed by atoms with E-state index in [4.69, 9.17) is 13.9 Å². The molecule has 0 radical (unpaired) electrons. The second-order valence-corrected chi connectivity index (χ2v) is 6.71. The van der Waals surface area contributed by atoms with E-state index >= 15 is 0 Å². The molecule has 0 spiro atoms. The zero-order valence-electron chi connectivity index (χ0n) is 17.0. The van der Waals surface area contributed by atoms with Gasteiger partial charge in [0.1, 0.15) is 40.5 Å². The first kappa shape index (κ1) is 21.1. The summed E-state index contributed by atoms with van der Waals surface area (Å²) < 4.78 is 15.9. The van der Waals surface area contributed by atoms with Gasteiger partial charge in [0.15, 0.2) is 17.1 Å². The first-order valence-electron chi connectivity index (χ1n) is 9.19. The molecule has 13 nitrogen and oxygen atoms in total. The van der Waals surface area contributed by atoms with Gasteiger partial charge in [0, 0.05) is 0 Å². The maximum Gasteiger partial charge on any atom is 0.282 e. The van der Waals surface area contributed by atoms with Gasteiger partial charge in [-0.1, -0.05) is 0 Å². The quantitative estimate of drug-likeness (QED) is 0.264. The van der Waals surface area contributed by atoms with E-state index in [9.17, 15) is 30.0 Å². The Hall–Kier alpha value is -5.17. The third kappa shape index (κ3) is 2.95. The number of aromatic amines is 4. The van der Waals surface area contributed by atoms with Gasteiger partial charge >= 0.3 is 0 Å². The minimum absolute atomic E-state index is 0.0835. The number of aromatic nitrogens is 4. The number of ether oxygens (including phenoxy) is 2. The van der Waals surface area contributed by atoms with Gasteiger partial charge in [0.2, 0.25) is 5.75 Å². The van der Waals surface area contributed by atoms with Crippen LogP contribution in [0.2, 0.25) is 0 Å². The summed E-state index contributed by atoms with van der Waals surface area (Å²) in [5, 5.41) is 39.5. The molecule has 3 heterocycles. The van der Waals surface area contributed by atoms with Gasteiger partial charge in [-0.2, -0.15) is 10.5 Å². The van der Waals surface area contributed by atoms with Crippen molar-refractivity contribution in [2.45, 2.75) is 5.92 Å². The minimum Gasteiger partial charge on any atom is -0.504 e. The number of hydrogen-bond acceptors (Lipinski definition) is 9. The first-order valence-corrected chi connectivity index (χ1v) is 9.19. The number of carbonyl (C=O) groups excluding carboxylic acids is 1. The lowest BCUT2D eigenvalue weighted by Gasteiger charge is -2.18. The van der Waals surface area contributed by atoms with Crippen LogP contribution in [0.3, 0.4) is 0 Å². The van der Waals surface area contributed by atoms with Crippen LogP contribution in [0.1, 0.15) is 38.8 Å². The van der Waals surface area contributed by atoms with Crippen LogP contribution >= 0.6 is 0 Å². The molecule has 0 aliphatic heterocycles. The molecule has 0 unspecified atom stereocenters. The zero-order valence-corrected chi connectivity index (χ0v) is 17.0. The predicted octanol–water partition coefficient (Wildman–Crippen LogP) is 0.947. The van der Waals surface area contributed by atoms with E-state index in [1.54, 1.807) is 12.1 Å². The highest BCUT2D eigenvalue weighted by atomic mass is 16.5. The third-order valence-electron chi connectivity index (χ3n) is 5.13. The van der Waals surface area contributed by atoms with Crippen LogP contribution in [0.25, 0.3) is 11.0 Å². The molecule has 13 heteroatoms. The van der Waals surface area contributed by atoms with Crippen LogP contribution in [-0.2, 0) is 0 Å².